The summed E-state index contributed by atoms with van der Waals surface area (Å²) in [4.78, 5) is 28.3. The molecule has 0 aliphatic carbocycles. The molecule has 2 heterocycles. The quantitative estimate of drug-likeness (QED) is 0.482. The molecule has 1 aliphatic heterocycles. The molecule has 3 rings (SSSR count). The van der Waals surface area contributed by atoms with Gasteiger partial charge in [0.1, 0.15) is 23.8 Å². The maximum Gasteiger partial charge on any atom is 0.419 e. The van der Waals surface area contributed by atoms with E-state index < -0.39 is 29.0 Å². The number of ether oxygens (including phenoxy) is 2. The van der Waals surface area contributed by atoms with Crippen molar-refractivity contribution in [3.63, 3.8) is 0 Å². The van der Waals surface area contributed by atoms with Gasteiger partial charge in [-0.2, -0.15) is 13.2 Å². The minimum Gasteiger partial charge on any atom is -0.491 e. The van der Waals surface area contributed by atoms with Crippen LogP contribution >= 0.6 is 0 Å². The number of hydrogen-bond donors (Lipinski definition) is 2. The summed E-state index contributed by atoms with van der Waals surface area (Å²) in [6, 6.07) is 5.37. The van der Waals surface area contributed by atoms with Gasteiger partial charge in [-0.15, -0.1) is 0 Å². The number of fused-ring (bicyclic) bond motifs is 1. The highest BCUT2D eigenvalue weighted by atomic mass is 19.4. The van der Waals surface area contributed by atoms with Crippen LogP contribution in [0.3, 0.4) is 0 Å². The summed E-state index contributed by atoms with van der Waals surface area (Å²) in [5.41, 5.74) is -1.32. The molecule has 36 heavy (non-hydrogen) atoms. The van der Waals surface area contributed by atoms with Crippen LogP contribution in [0.1, 0.15) is 59.1 Å². The van der Waals surface area contributed by atoms with Crippen molar-refractivity contribution in [2.45, 2.75) is 71.7 Å². The van der Waals surface area contributed by atoms with Gasteiger partial charge in [0.15, 0.2) is 0 Å². The van der Waals surface area contributed by atoms with E-state index in [0.717, 1.165) is 6.07 Å². The lowest BCUT2D eigenvalue weighted by atomic mass is 9.91. The second kappa shape index (κ2) is 9.99. The summed E-state index contributed by atoms with van der Waals surface area (Å²) in [6.07, 6.45) is -3.42. The third-order valence-corrected chi connectivity index (χ3v) is 5.45. The number of benzene rings is 1. The van der Waals surface area contributed by atoms with Gasteiger partial charge in [-0.05, 0) is 69.4 Å². The first-order valence-electron chi connectivity index (χ1n) is 11.7. The topological polar surface area (TPSA) is 89.5 Å². The third-order valence-electron chi connectivity index (χ3n) is 5.45. The van der Waals surface area contributed by atoms with E-state index in [0.29, 0.717) is 28.9 Å². The SMILES string of the molecule is CC(C)CC(C)(COc1ccc(-c2ccnc3c2CC(=O)N3)cc1C(F)(F)F)NC(=O)OC(C)(C)C. The lowest BCUT2D eigenvalue weighted by molar-refractivity contribution is -0.139. The lowest BCUT2D eigenvalue weighted by Gasteiger charge is -2.33. The first-order valence-corrected chi connectivity index (χ1v) is 11.7. The number of halogens is 3. The number of aromatic nitrogens is 1. The first kappa shape index (κ1) is 27.3. The molecule has 0 fully saturated rings. The predicted octanol–water partition coefficient (Wildman–Crippen LogP) is 5.97. The second-order valence-corrected chi connectivity index (χ2v) is 10.7. The molecule has 2 amide bonds. The number of rotatable bonds is 7. The highest BCUT2D eigenvalue weighted by Gasteiger charge is 2.37. The van der Waals surface area contributed by atoms with Crippen molar-refractivity contribution in [3.8, 4) is 16.9 Å². The van der Waals surface area contributed by atoms with Crippen LogP contribution < -0.4 is 15.4 Å². The fraction of sp³-hybridized carbons (Fsp3) is 0.500. The van der Waals surface area contributed by atoms with Crippen molar-refractivity contribution in [2.75, 3.05) is 11.9 Å². The zero-order valence-electron chi connectivity index (χ0n) is 21.3. The highest BCUT2D eigenvalue weighted by Crippen LogP contribution is 2.41. The van der Waals surface area contributed by atoms with E-state index in [4.69, 9.17) is 9.47 Å². The van der Waals surface area contributed by atoms with Crippen LogP contribution in [0.4, 0.5) is 23.8 Å². The van der Waals surface area contributed by atoms with Gasteiger partial charge in [-0.1, -0.05) is 19.9 Å². The molecule has 7 nitrogen and oxygen atoms in total. The molecule has 1 aromatic carbocycles. The van der Waals surface area contributed by atoms with Crippen LogP contribution in [-0.4, -0.2) is 34.7 Å². The molecular formula is C26H32F3N3O4. The molecule has 0 spiro atoms. The number of carbonyl (C=O) groups excluding carboxylic acids is 2. The van der Waals surface area contributed by atoms with E-state index in [1.165, 1.54) is 18.3 Å². The molecule has 2 N–H and O–H groups in total. The fourth-order valence-corrected chi connectivity index (χ4v) is 4.27. The van der Waals surface area contributed by atoms with Gasteiger partial charge in [-0.25, -0.2) is 9.78 Å². The number of amides is 2. The van der Waals surface area contributed by atoms with E-state index in [9.17, 15) is 22.8 Å². The molecule has 2 aromatic rings. The minimum atomic E-state index is -4.69. The Kier molecular flexibility index (Phi) is 7.57. The maximum atomic E-state index is 14.1. The van der Waals surface area contributed by atoms with Gasteiger partial charge in [-0.3, -0.25) is 4.79 Å². The molecule has 0 radical (unpaired) electrons. The Morgan fingerprint density at radius 1 is 1.17 bits per heavy atom. The number of nitrogens with one attached hydrogen (secondary N) is 2. The zero-order chi connectivity index (χ0) is 26.9. The molecule has 196 valence electrons. The Balaban J connectivity index is 1.90. The average molecular weight is 508 g/mol. The summed E-state index contributed by atoms with van der Waals surface area (Å²) in [7, 11) is 0. The van der Waals surface area contributed by atoms with E-state index in [1.54, 1.807) is 33.8 Å². The Morgan fingerprint density at radius 3 is 2.47 bits per heavy atom. The Hall–Kier alpha value is -3.30. The molecule has 0 saturated heterocycles. The third kappa shape index (κ3) is 6.89. The van der Waals surface area contributed by atoms with Crippen molar-refractivity contribution >= 4 is 17.8 Å². The number of hydrogen-bond acceptors (Lipinski definition) is 5. The van der Waals surface area contributed by atoms with Gasteiger partial charge >= 0.3 is 12.3 Å². The number of nitrogens with zero attached hydrogens (tertiary/aromatic N) is 1. The molecule has 0 saturated carbocycles. The van der Waals surface area contributed by atoms with Crippen LogP contribution in [0.2, 0.25) is 0 Å². The average Bonchev–Trinajstić information content (AvgIpc) is 3.09. The van der Waals surface area contributed by atoms with Crippen molar-refractivity contribution in [1.29, 1.82) is 0 Å². The largest absolute Gasteiger partial charge is 0.491 e. The number of pyridine rings is 1. The number of alkyl carbamates (subject to hydrolysis) is 1. The summed E-state index contributed by atoms with van der Waals surface area (Å²) >= 11 is 0. The van der Waals surface area contributed by atoms with E-state index in [2.05, 4.69) is 15.6 Å². The van der Waals surface area contributed by atoms with Crippen LogP contribution in [-0.2, 0) is 22.1 Å². The number of alkyl halides is 3. The van der Waals surface area contributed by atoms with Crippen molar-refractivity contribution in [1.82, 2.24) is 10.3 Å². The van der Waals surface area contributed by atoms with Gasteiger partial charge < -0.3 is 20.1 Å². The molecule has 1 atom stereocenters. The van der Waals surface area contributed by atoms with Crippen LogP contribution in [0.25, 0.3) is 11.1 Å². The monoisotopic (exact) mass is 507 g/mol. The van der Waals surface area contributed by atoms with Crippen LogP contribution in [0.5, 0.6) is 5.75 Å². The summed E-state index contributed by atoms with van der Waals surface area (Å²) in [5, 5.41) is 5.37. The molecule has 1 aliphatic rings. The summed E-state index contributed by atoms with van der Waals surface area (Å²) < 4.78 is 53.2. The Labute approximate surface area is 208 Å². The van der Waals surface area contributed by atoms with E-state index in [1.807, 2.05) is 13.8 Å². The number of anilines is 1. The normalized spacial score (nSPS) is 15.2. The predicted molar refractivity (Wildman–Crippen MR) is 130 cm³/mol. The summed E-state index contributed by atoms with van der Waals surface area (Å²) in [6.45, 7) is 10.6. The van der Waals surface area contributed by atoms with Crippen LogP contribution in [0.15, 0.2) is 30.5 Å². The van der Waals surface area contributed by atoms with E-state index >= 15 is 0 Å². The fourth-order valence-electron chi connectivity index (χ4n) is 4.27. The van der Waals surface area contributed by atoms with E-state index in [-0.39, 0.29) is 30.6 Å². The van der Waals surface area contributed by atoms with Crippen molar-refractivity contribution < 1.29 is 32.2 Å². The molecule has 1 unspecified atom stereocenters. The smallest absolute Gasteiger partial charge is 0.419 e. The van der Waals surface area contributed by atoms with Crippen LogP contribution in [0, 0.1) is 5.92 Å². The molecule has 0 bridgehead atoms. The van der Waals surface area contributed by atoms with Gasteiger partial charge in [0.2, 0.25) is 5.91 Å². The second-order valence-electron chi connectivity index (χ2n) is 10.7. The maximum absolute atomic E-state index is 14.1. The van der Waals surface area contributed by atoms with Gasteiger partial charge in [0, 0.05) is 11.8 Å². The van der Waals surface area contributed by atoms with Crippen molar-refractivity contribution in [3.05, 3.63) is 41.6 Å². The lowest BCUT2D eigenvalue weighted by Crippen LogP contribution is -2.52. The first-order chi connectivity index (χ1) is 16.6. The molecular weight excluding hydrogens is 475 g/mol. The highest BCUT2D eigenvalue weighted by molar-refractivity contribution is 6.00. The Morgan fingerprint density at radius 2 is 1.86 bits per heavy atom. The van der Waals surface area contributed by atoms with Crippen molar-refractivity contribution in [2.24, 2.45) is 5.92 Å². The van der Waals surface area contributed by atoms with Gasteiger partial charge in [0.05, 0.1) is 17.5 Å². The molecule has 1 aromatic heterocycles. The molecule has 10 heteroatoms. The summed E-state index contributed by atoms with van der Waals surface area (Å²) in [5.74, 6) is -0.137. The number of carbonyl (C=O) groups is 2. The Bertz CT molecular complexity index is 1140. The minimum absolute atomic E-state index is 0.0437. The standard InChI is InChI=1S/C26H32F3N3O4/c1-15(2)13-25(6,32-23(34)36-24(3,4)5)14-35-20-8-7-16(11-19(20)26(27,28)29)17-9-10-30-22-18(17)12-21(33)31-22/h7-11,15H,12-14H2,1-6H3,(H,32,34)(H,30,31,33). The zero-order valence-corrected chi connectivity index (χ0v) is 21.3. The van der Waals surface area contributed by atoms with Gasteiger partial charge in [0.25, 0.3) is 0 Å².